The van der Waals surface area contributed by atoms with Crippen LogP contribution < -0.4 is 10.5 Å². The molecule has 1 aliphatic heterocycles. The summed E-state index contributed by atoms with van der Waals surface area (Å²) in [6, 6.07) is 5.77. The van der Waals surface area contributed by atoms with Crippen LogP contribution in [0.1, 0.15) is 29.3 Å². The standard InChI is InChI=1S/C14H20N2O2/c1-10(15)5-7-16(2)14(17)12-3-4-13-11(9-12)6-8-18-13/h3-4,9-10H,5-8,15H2,1-2H3. The van der Waals surface area contributed by atoms with Crippen molar-refractivity contribution in [1.82, 2.24) is 4.90 Å². The molecule has 0 aromatic heterocycles. The van der Waals surface area contributed by atoms with E-state index >= 15 is 0 Å². The molecule has 1 unspecified atom stereocenters. The summed E-state index contributed by atoms with van der Waals surface area (Å²) in [6.45, 7) is 3.35. The highest BCUT2D eigenvalue weighted by Gasteiger charge is 2.17. The van der Waals surface area contributed by atoms with E-state index in [4.69, 9.17) is 10.5 Å². The van der Waals surface area contributed by atoms with E-state index in [1.807, 2.05) is 32.2 Å². The maximum absolute atomic E-state index is 12.2. The van der Waals surface area contributed by atoms with Crippen LogP contribution in [-0.4, -0.2) is 37.0 Å². The SMILES string of the molecule is CC(N)CCN(C)C(=O)c1ccc2c(c1)CCO2. The van der Waals surface area contributed by atoms with E-state index in [0.717, 1.165) is 29.7 Å². The second kappa shape index (κ2) is 5.40. The molecule has 18 heavy (non-hydrogen) atoms. The second-order valence-electron chi connectivity index (χ2n) is 4.91. The lowest BCUT2D eigenvalue weighted by Crippen LogP contribution is -2.31. The number of fused-ring (bicyclic) bond motifs is 1. The van der Waals surface area contributed by atoms with Gasteiger partial charge in [0, 0.05) is 31.6 Å². The molecule has 0 radical (unpaired) electrons. The molecule has 0 fully saturated rings. The van der Waals surface area contributed by atoms with Gasteiger partial charge in [0.25, 0.3) is 5.91 Å². The Morgan fingerprint density at radius 3 is 3.06 bits per heavy atom. The number of amides is 1. The van der Waals surface area contributed by atoms with Crippen LogP contribution in [0.15, 0.2) is 18.2 Å². The molecule has 98 valence electrons. The molecule has 1 amide bonds. The van der Waals surface area contributed by atoms with Crippen LogP contribution in [0, 0.1) is 0 Å². The lowest BCUT2D eigenvalue weighted by Gasteiger charge is -2.18. The lowest BCUT2D eigenvalue weighted by molar-refractivity contribution is 0.0792. The molecule has 0 saturated heterocycles. The molecule has 2 N–H and O–H groups in total. The maximum Gasteiger partial charge on any atom is 0.253 e. The first-order valence-electron chi connectivity index (χ1n) is 6.34. The van der Waals surface area contributed by atoms with E-state index < -0.39 is 0 Å². The molecule has 1 aromatic carbocycles. The predicted octanol–water partition coefficient (Wildman–Crippen LogP) is 1.43. The van der Waals surface area contributed by atoms with E-state index in [1.54, 1.807) is 4.90 Å². The van der Waals surface area contributed by atoms with Crippen molar-refractivity contribution in [3.63, 3.8) is 0 Å². The molecule has 0 aliphatic carbocycles. The van der Waals surface area contributed by atoms with Crippen LogP contribution in [0.3, 0.4) is 0 Å². The third kappa shape index (κ3) is 2.82. The van der Waals surface area contributed by atoms with Crippen molar-refractivity contribution >= 4 is 5.91 Å². The molecule has 0 spiro atoms. The first-order valence-corrected chi connectivity index (χ1v) is 6.34. The van der Waals surface area contributed by atoms with E-state index in [2.05, 4.69) is 0 Å². The zero-order valence-electron chi connectivity index (χ0n) is 11.0. The molecule has 0 bridgehead atoms. The van der Waals surface area contributed by atoms with Gasteiger partial charge in [-0.1, -0.05) is 0 Å². The first-order chi connectivity index (χ1) is 8.58. The molecule has 1 aromatic rings. The molecular weight excluding hydrogens is 228 g/mol. The second-order valence-corrected chi connectivity index (χ2v) is 4.91. The normalized spacial score (nSPS) is 14.8. The van der Waals surface area contributed by atoms with Crippen molar-refractivity contribution in [1.29, 1.82) is 0 Å². The van der Waals surface area contributed by atoms with Crippen LogP contribution in [0.2, 0.25) is 0 Å². The summed E-state index contributed by atoms with van der Waals surface area (Å²) < 4.78 is 5.43. The van der Waals surface area contributed by atoms with Gasteiger partial charge in [0.2, 0.25) is 0 Å². The molecule has 2 rings (SSSR count). The van der Waals surface area contributed by atoms with Crippen molar-refractivity contribution in [2.24, 2.45) is 5.73 Å². The summed E-state index contributed by atoms with van der Waals surface area (Å²) >= 11 is 0. The average molecular weight is 248 g/mol. The molecule has 1 aliphatic rings. The summed E-state index contributed by atoms with van der Waals surface area (Å²) in [5, 5.41) is 0. The Balaban J connectivity index is 2.04. The highest BCUT2D eigenvalue weighted by atomic mass is 16.5. The van der Waals surface area contributed by atoms with Gasteiger partial charge in [0.1, 0.15) is 5.75 Å². The van der Waals surface area contributed by atoms with E-state index in [1.165, 1.54) is 0 Å². The Kier molecular flexibility index (Phi) is 3.87. The van der Waals surface area contributed by atoms with Gasteiger partial charge in [-0.25, -0.2) is 0 Å². The summed E-state index contributed by atoms with van der Waals surface area (Å²) in [7, 11) is 1.81. The maximum atomic E-state index is 12.2. The smallest absolute Gasteiger partial charge is 0.253 e. The predicted molar refractivity (Wildman–Crippen MR) is 70.9 cm³/mol. The molecule has 4 nitrogen and oxygen atoms in total. The van der Waals surface area contributed by atoms with Gasteiger partial charge in [-0.3, -0.25) is 4.79 Å². The van der Waals surface area contributed by atoms with Gasteiger partial charge in [-0.2, -0.15) is 0 Å². The van der Waals surface area contributed by atoms with Crippen molar-refractivity contribution < 1.29 is 9.53 Å². The highest BCUT2D eigenvalue weighted by molar-refractivity contribution is 5.94. The van der Waals surface area contributed by atoms with Crippen LogP contribution in [0.25, 0.3) is 0 Å². The number of hydrogen-bond donors (Lipinski definition) is 1. The number of nitrogens with two attached hydrogens (primary N) is 1. The molecule has 4 heteroatoms. The van der Waals surface area contributed by atoms with Crippen molar-refractivity contribution in [2.45, 2.75) is 25.8 Å². The molecular formula is C14H20N2O2. The summed E-state index contributed by atoms with van der Waals surface area (Å²) in [5.41, 5.74) is 7.55. The fourth-order valence-corrected chi connectivity index (χ4v) is 2.04. The summed E-state index contributed by atoms with van der Waals surface area (Å²) in [5.74, 6) is 0.954. The van der Waals surface area contributed by atoms with Crippen molar-refractivity contribution in [2.75, 3.05) is 20.2 Å². The molecule has 0 saturated carbocycles. The van der Waals surface area contributed by atoms with Crippen LogP contribution in [0.5, 0.6) is 5.75 Å². The van der Waals surface area contributed by atoms with Gasteiger partial charge >= 0.3 is 0 Å². The van der Waals surface area contributed by atoms with Gasteiger partial charge in [0.15, 0.2) is 0 Å². The molecule has 1 heterocycles. The van der Waals surface area contributed by atoms with Crippen LogP contribution in [0.4, 0.5) is 0 Å². The number of rotatable bonds is 4. The number of ether oxygens (including phenoxy) is 1. The summed E-state index contributed by atoms with van der Waals surface area (Å²) in [6.07, 6.45) is 1.70. The average Bonchev–Trinajstić information content (AvgIpc) is 2.81. The zero-order valence-corrected chi connectivity index (χ0v) is 11.0. The Bertz CT molecular complexity index is 443. The van der Waals surface area contributed by atoms with Gasteiger partial charge in [0.05, 0.1) is 6.61 Å². The Morgan fingerprint density at radius 2 is 2.33 bits per heavy atom. The topological polar surface area (TPSA) is 55.6 Å². The number of nitrogens with zero attached hydrogens (tertiary/aromatic N) is 1. The van der Waals surface area contributed by atoms with Gasteiger partial charge in [-0.15, -0.1) is 0 Å². The Morgan fingerprint density at radius 1 is 1.56 bits per heavy atom. The minimum atomic E-state index is 0.0466. The fraction of sp³-hybridized carbons (Fsp3) is 0.500. The Labute approximate surface area is 108 Å². The van der Waals surface area contributed by atoms with Gasteiger partial charge in [-0.05, 0) is 37.1 Å². The number of hydrogen-bond acceptors (Lipinski definition) is 3. The van der Waals surface area contributed by atoms with Gasteiger partial charge < -0.3 is 15.4 Å². The van der Waals surface area contributed by atoms with Crippen molar-refractivity contribution in [3.05, 3.63) is 29.3 Å². The van der Waals surface area contributed by atoms with Crippen molar-refractivity contribution in [3.8, 4) is 5.75 Å². The van der Waals surface area contributed by atoms with E-state index in [0.29, 0.717) is 13.2 Å². The molecule has 1 atom stereocenters. The fourth-order valence-electron chi connectivity index (χ4n) is 2.04. The zero-order chi connectivity index (χ0) is 13.1. The Hall–Kier alpha value is -1.55. The third-order valence-corrected chi connectivity index (χ3v) is 3.20. The highest BCUT2D eigenvalue weighted by Crippen LogP contribution is 2.26. The minimum absolute atomic E-state index is 0.0466. The quantitative estimate of drug-likeness (QED) is 0.877. The number of benzene rings is 1. The first kappa shape index (κ1) is 12.9. The third-order valence-electron chi connectivity index (χ3n) is 3.20. The van der Waals surface area contributed by atoms with E-state index in [-0.39, 0.29) is 11.9 Å². The number of carbonyl (C=O) groups is 1. The summed E-state index contributed by atoms with van der Waals surface area (Å²) in [4.78, 5) is 13.9. The number of carbonyl (C=O) groups excluding carboxylic acids is 1. The lowest BCUT2D eigenvalue weighted by atomic mass is 10.1. The minimum Gasteiger partial charge on any atom is -0.493 e. The van der Waals surface area contributed by atoms with Crippen LogP contribution in [-0.2, 0) is 6.42 Å². The largest absolute Gasteiger partial charge is 0.493 e. The monoisotopic (exact) mass is 248 g/mol. The van der Waals surface area contributed by atoms with Crippen LogP contribution >= 0.6 is 0 Å². The van der Waals surface area contributed by atoms with E-state index in [9.17, 15) is 4.79 Å².